The van der Waals surface area contributed by atoms with Crippen molar-refractivity contribution in [1.82, 2.24) is 14.5 Å². The van der Waals surface area contributed by atoms with Gasteiger partial charge >= 0.3 is 0 Å². The highest BCUT2D eigenvalue weighted by atomic mass is 32.1. The summed E-state index contributed by atoms with van der Waals surface area (Å²) < 4.78 is 7.58. The zero-order valence-electron chi connectivity index (χ0n) is 21.8. The Morgan fingerprint density at radius 2 is 2.14 bits per heavy atom. The molecule has 0 unspecified atom stereocenters. The van der Waals surface area contributed by atoms with Crippen LogP contribution in [0.3, 0.4) is 0 Å². The Bertz CT molecular complexity index is 1340. The second-order valence-corrected chi connectivity index (χ2v) is 10.5. The maximum Gasteiger partial charge on any atom is 0.225 e. The summed E-state index contributed by atoms with van der Waals surface area (Å²) in [6, 6.07) is 10.1. The van der Waals surface area contributed by atoms with Crippen molar-refractivity contribution in [1.29, 1.82) is 5.26 Å². The van der Waals surface area contributed by atoms with Gasteiger partial charge in [0.05, 0.1) is 24.4 Å². The highest BCUT2D eigenvalue weighted by Gasteiger charge is 2.27. The molecular formula is C28H33N5O3S. The first-order valence-corrected chi connectivity index (χ1v) is 13.5. The lowest BCUT2D eigenvalue weighted by molar-refractivity contribution is -0.132. The van der Waals surface area contributed by atoms with Crippen LogP contribution in [0, 0.1) is 25.2 Å². The molecule has 0 bridgehead atoms. The molecule has 1 atom stereocenters. The highest BCUT2D eigenvalue weighted by molar-refractivity contribution is 7.16. The first kappa shape index (κ1) is 26.4. The summed E-state index contributed by atoms with van der Waals surface area (Å²) in [5.41, 5.74) is 3.45. The Morgan fingerprint density at radius 1 is 1.32 bits per heavy atom. The van der Waals surface area contributed by atoms with E-state index in [4.69, 9.17) is 4.74 Å². The number of aryl methyl sites for hydroxylation is 3. The molecule has 2 aromatic heterocycles. The number of rotatable bonds is 9. The van der Waals surface area contributed by atoms with E-state index in [1.165, 1.54) is 11.3 Å². The summed E-state index contributed by atoms with van der Waals surface area (Å²) in [6.07, 6.45) is 3.26. The van der Waals surface area contributed by atoms with E-state index < -0.39 is 0 Å². The topological polar surface area (TPSA) is 100 Å². The minimum Gasteiger partial charge on any atom is -0.494 e. The maximum atomic E-state index is 12.9. The number of nitriles is 1. The fourth-order valence-electron chi connectivity index (χ4n) is 4.74. The number of aromatic nitrogens is 2. The van der Waals surface area contributed by atoms with Gasteiger partial charge in [-0.15, -0.1) is 11.3 Å². The molecular weight excluding hydrogens is 486 g/mol. The van der Waals surface area contributed by atoms with Crippen molar-refractivity contribution in [2.45, 2.75) is 66.0 Å². The molecule has 8 nitrogen and oxygen atoms in total. The summed E-state index contributed by atoms with van der Waals surface area (Å²) in [5, 5.41) is 13.4. The van der Waals surface area contributed by atoms with E-state index in [1.807, 2.05) is 67.6 Å². The van der Waals surface area contributed by atoms with Gasteiger partial charge in [0.1, 0.15) is 22.6 Å². The second kappa shape index (κ2) is 11.6. The van der Waals surface area contributed by atoms with E-state index in [0.29, 0.717) is 56.1 Å². The van der Waals surface area contributed by atoms with Gasteiger partial charge in [0.2, 0.25) is 11.8 Å². The van der Waals surface area contributed by atoms with Gasteiger partial charge in [-0.2, -0.15) is 5.26 Å². The van der Waals surface area contributed by atoms with Gasteiger partial charge < -0.3 is 19.5 Å². The van der Waals surface area contributed by atoms with Gasteiger partial charge in [0.25, 0.3) is 0 Å². The van der Waals surface area contributed by atoms with Crippen LogP contribution in [0.2, 0.25) is 0 Å². The standard InChI is InChI=1S/C28H33N5O3S/c1-5-36-22-8-6-7-21(14-22)18(2)13-26(34)31-28-24(15-29)23-9-11-33(17-25(23)37-28)27(35)10-12-32-16-19(3)30-20(32)4/h6-8,14,16,18H,5,9-13,17H2,1-4H3,(H,31,34)/t18-/m0/s1. The third-order valence-electron chi connectivity index (χ3n) is 6.67. The number of hydrogen-bond acceptors (Lipinski definition) is 6. The highest BCUT2D eigenvalue weighted by Crippen LogP contribution is 2.37. The minimum absolute atomic E-state index is 0.00318. The SMILES string of the molecule is CCOc1cccc([C@@H](C)CC(=O)Nc2sc3c(c2C#N)CCN(C(=O)CCn2cc(C)nc2C)C3)c1. The number of carbonyl (C=O) groups excluding carboxylic acids is 2. The number of amides is 2. The van der Waals surface area contributed by atoms with Crippen molar-refractivity contribution in [3.63, 3.8) is 0 Å². The fraction of sp³-hybridized carbons (Fsp3) is 0.429. The Hall–Kier alpha value is -3.64. The minimum atomic E-state index is -0.136. The van der Waals surface area contributed by atoms with Crippen LogP contribution in [0.4, 0.5) is 5.00 Å². The molecule has 2 amide bonds. The van der Waals surface area contributed by atoms with Crippen LogP contribution in [-0.4, -0.2) is 39.4 Å². The van der Waals surface area contributed by atoms with Crippen LogP contribution in [0.1, 0.15) is 65.7 Å². The smallest absolute Gasteiger partial charge is 0.225 e. The fourth-order valence-corrected chi connectivity index (χ4v) is 5.97. The number of benzene rings is 1. The Morgan fingerprint density at radius 3 is 2.84 bits per heavy atom. The van der Waals surface area contributed by atoms with Crippen LogP contribution in [0.5, 0.6) is 5.75 Å². The third kappa shape index (κ3) is 6.20. The molecule has 1 aromatic carbocycles. The predicted octanol–water partition coefficient (Wildman–Crippen LogP) is 4.94. The molecule has 0 saturated heterocycles. The lowest BCUT2D eigenvalue weighted by Gasteiger charge is -2.27. The first-order chi connectivity index (χ1) is 17.8. The molecule has 1 N–H and O–H groups in total. The predicted molar refractivity (Wildman–Crippen MR) is 144 cm³/mol. The second-order valence-electron chi connectivity index (χ2n) is 9.42. The van der Waals surface area contributed by atoms with Gasteiger partial charge in [0, 0.05) is 37.0 Å². The maximum absolute atomic E-state index is 12.9. The summed E-state index contributed by atoms with van der Waals surface area (Å²) >= 11 is 1.40. The zero-order valence-corrected chi connectivity index (χ0v) is 22.7. The van der Waals surface area contributed by atoms with Crippen molar-refractivity contribution in [2.75, 3.05) is 18.5 Å². The van der Waals surface area contributed by atoms with Gasteiger partial charge in [-0.25, -0.2) is 4.98 Å². The number of fused-ring (bicyclic) bond motifs is 1. The van der Waals surface area contributed by atoms with E-state index in [0.717, 1.165) is 33.3 Å². The molecule has 37 heavy (non-hydrogen) atoms. The molecule has 0 spiro atoms. The Labute approximate surface area is 221 Å². The summed E-state index contributed by atoms with van der Waals surface area (Å²) in [6.45, 7) is 10.0. The summed E-state index contributed by atoms with van der Waals surface area (Å²) in [4.78, 5) is 33.0. The van der Waals surface area contributed by atoms with E-state index >= 15 is 0 Å². The van der Waals surface area contributed by atoms with Crippen LogP contribution in [0.15, 0.2) is 30.5 Å². The summed E-state index contributed by atoms with van der Waals surface area (Å²) in [7, 11) is 0. The number of anilines is 1. The molecule has 3 aromatic rings. The average molecular weight is 520 g/mol. The molecule has 0 aliphatic carbocycles. The Balaban J connectivity index is 1.38. The number of nitrogens with one attached hydrogen (secondary N) is 1. The molecule has 0 fully saturated rings. The van der Waals surface area contributed by atoms with Gasteiger partial charge in [-0.1, -0.05) is 19.1 Å². The van der Waals surface area contributed by atoms with Gasteiger partial charge in [-0.05, 0) is 56.4 Å². The lowest BCUT2D eigenvalue weighted by Crippen LogP contribution is -2.35. The molecule has 0 saturated carbocycles. The normalized spacial score (nSPS) is 13.5. The van der Waals surface area contributed by atoms with Crippen molar-refractivity contribution >= 4 is 28.2 Å². The van der Waals surface area contributed by atoms with E-state index in [2.05, 4.69) is 16.4 Å². The average Bonchev–Trinajstić information content (AvgIpc) is 3.39. The third-order valence-corrected chi connectivity index (χ3v) is 7.80. The van der Waals surface area contributed by atoms with Gasteiger partial charge in [0.15, 0.2) is 0 Å². The number of hydrogen-bond donors (Lipinski definition) is 1. The molecule has 1 aliphatic heterocycles. The zero-order chi connectivity index (χ0) is 26.5. The first-order valence-electron chi connectivity index (χ1n) is 12.6. The molecule has 9 heteroatoms. The number of carbonyl (C=O) groups is 2. The molecule has 4 rings (SSSR count). The van der Waals surface area contributed by atoms with Crippen molar-refractivity contribution < 1.29 is 14.3 Å². The monoisotopic (exact) mass is 519 g/mol. The largest absolute Gasteiger partial charge is 0.494 e. The van der Waals surface area contributed by atoms with E-state index in [9.17, 15) is 14.9 Å². The van der Waals surface area contributed by atoms with Crippen LogP contribution < -0.4 is 10.1 Å². The van der Waals surface area contributed by atoms with Crippen LogP contribution in [0.25, 0.3) is 0 Å². The summed E-state index contributed by atoms with van der Waals surface area (Å²) in [5.74, 6) is 1.64. The van der Waals surface area contributed by atoms with E-state index in [1.54, 1.807) is 0 Å². The van der Waals surface area contributed by atoms with Crippen LogP contribution in [-0.2, 0) is 29.1 Å². The lowest BCUT2D eigenvalue weighted by atomic mass is 9.97. The molecule has 0 radical (unpaired) electrons. The molecule has 194 valence electrons. The number of thiophene rings is 1. The van der Waals surface area contributed by atoms with Crippen molar-refractivity contribution in [3.8, 4) is 11.8 Å². The van der Waals surface area contributed by atoms with Crippen molar-refractivity contribution in [3.05, 3.63) is 63.5 Å². The number of ether oxygens (including phenoxy) is 1. The molecule has 3 heterocycles. The van der Waals surface area contributed by atoms with Gasteiger partial charge in [-0.3, -0.25) is 9.59 Å². The Kier molecular flexibility index (Phi) is 8.29. The quantitative estimate of drug-likeness (QED) is 0.432. The molecule has 1 aliphatic rings. The van der Waals surface area contributed by atoms with E-state index in [-0.39, 0.29) is 17.7 Å². The van der Waals surface area contributed by atoms with Crippen molar-refractivity contribution in [2.24, 2.45) is 0 Å². The number of nitrogens with zero attached hydrogens (tertiary/aromatic N) is 4. The number of imidazole rings is 1. The van der Waals surface area contributed by atoms with Crippen LogP contribution >= 0.6 is 11.3 Å².